The lowest BCUT2D eigenvalue weighted by Crippen LogP contribution is -2.32. The molecule has 1 rings (SSSR count). The average Bonchev–Trinajstić information content (AvgIpc) is 2.43. The smallest absolute Gasteiger partial charge is 0.144 e. The Hall–Kier alpha value is -1.55. The molecule has 0 heterocycles. The van der Waals surface area contributed by atoms with Gasteiger partial charge in [-0.3, -0.25) is 0 Å². The predicted molar refractivity (Wildman–Crippen MR) is 79.3 cm³/mol. The highest BCUT2D eigenvalue weighted by Gasteiger charge is 2.22. The number of rotatable bonds is 7. The minimum Gasteiger partial charge on any atom is -0.409 e. The van der Waals surface area contributed by atoms with E-state index < -0.39 is 0 Å². The highest BCUT2D eigenvalue weighted by Crippen LogP contribution is 2.22. The van der Waals surface area contributed by atoms with Crippen molar-refractivity contribution in [2.24, 2.45) is 16.3 Å². The van der Waals surface area contributed by atoms with Crippen molar-refractivity contribution in [2.45, 2.75) is 39.7 Å². The molecule has 0 fully saturated rings. The van der Waals surface area contributed by atoms with E-state index in [9.17, 15) is 0 Å². The van der Waals surface area contributed by atoms with E-state index >= 15 is 0 Å². The van der Waals surface area contributed by atoms with Crippen LogP contribution in [0, 0.1) is 5.41 Å². The van der Waals surface area contributed by atoms with Crippen molar-refractivity contribution in [3.05, 3.63) is 35.9 Å². The van der Waals surface area contributed by atoms with Gasteiger partial charge in [-0.25, -0.2) is 0 Å². The van der Waals surface area contributed by atoms with Crippen molar-refractivity contribution in [3.8, 4) is 0 Å². The molecular formula is C15H25N3O. The largest absolute Gasteiger partial charge is 0.409 e. The van der Waals surface area contributed by atoms with Crippen LogP contribution in [0.2, 0.25) is 0 Å². The Labute approximate surface area is 115 Å². The Balaban J connectivity index is 2.32. The van der Waals surface area contributed by atoms with Crippen LogP contribution in [0.25, 0.3) is 0 Å². The summed E-state index contributed by atoms with van der Waals surface area (Å²) >= 11 is 0. The fraction of sp³-hybridized carbons (Fsp3) is 0.533. The van der Waals surface area contributed by atoms with E-state index in [1.54, 1.807) is 0 Å². The molecule has 106 valence electrons. The van der Waals surface area contributed by atoms with Crippen LogP contribution in [0.4, 0.5) is 0 Å². The van der Waals surface area contributed by atoms with Gasteiger partial charge in [-0.1, -0.05) is 49.3 Å². The van der Waals surface area contributed by atoms with Crippen molar-refractivity contribution in [1.29, 1.82) is 0 Å². The standard InChI is InChI=1S/C15H25N3O/c1-12(13-8-5-4-6-9-13)17-11-7-10-15(2,3)14(16)18-19/h4-6,8-9,12,17,19H,7,10-11H2,1-3H3,(H2,16,18). The Bertz CT molecular complexity index is 401. The lowest BCUT2D eigenvalue weighted by molar-refractivity contribution is 0.304. The van der Waals surface area contributed by atoms with Crippen LogP contribution in [0.15, 0.2) is 35.5 Å². The van der Waals surface area contributed by atoms with Crippen LogP contribution in [-0.2, 0) is 0 Å². The molecule has 0 bridgehead atoms. The van der Waals surface area contributed by atoms with Gasteiger partial charge in [0.2, 0.25) is 0 Å². The summed E-state index contributed by atoms with van der Waals surface area (Å²) in [6.45, 7) is 7.05. The second-order valence-corrected chi connectivity index (χ2v) is 5.56. The molecule has 0 aliphatic carbocycles. The molecule has 0 aliphatic rings. The van der Waals surface area contributed by atoms with Crippen molar-refractivity contribution < 1.29 is 5.21 Å². The first-order valence-corrected chi connectivity index (χ1v) is 6.73. The second-order valence-electron chi connectivity index (χ2n) is 5.56. The van der Waals surface area contributed by atoms with Crippen molar-refractivity contribution in [1.82, 2.24) is 5.32 Å². The van der Waals surface area contributed by atoms with Gasteiger partial charge in [-0.05, 0) is 31.9 Å². The zero-order chi connectivity index (χ0) is 14.3. The van der Waals surface area contributed by atoms with Gasteiger partial charge in [0.15, 0.2) is 0 Å². The van der Waals surface area contributed by atoms with Crippen molar-refractivity contribution >= 4 is 5.84 Å². The van der Waals surface area contributed by atoms with Gasteiger partial charge in [0.1, 0.15) is 5.84 Å². The first kappa shape index (κ1) is 15.5. The van der Waals surface area contributed by atoms with E-state index in [-0.39, 0.29) is 5.41 Å². The molecule has 0 aromatic heterocycles. The number of nitrogens with two attached hydrogens (primary N) is 1. The molecule has 0 aliphatic heterocycles. The van der Waals surface area contributed by atoms with E-state index in [0.717, 1.165) is 19.4 Å². The second kappa shape index (κ2) is 7.14. The molecule has 4 heteroatoms. The van der Waals surface area contributed by atoms with Crippen LogP contribution in [-0.4, -0.2) is 17.6 Å². The number of hydrogen-bond acceptors (Lipinski definition) is 3. The molecule has 4 N–H and O–H groups in total. The van der Waals surface area contributed by atoms with Gasteiger partial charge < -0.3 is 16.3 Å². The van der Waals surface area contributed by atoms with Gasteiger partial charge in [0.25, 0.3) is 0 Å². The Morgan fingerprint density at radius 3 is 2.58 bits per heavy atom. The summed E-state index contributed by atoms with van der Waals surface area (Å²) in [5.41, 5.74) is 6.70. The quantitative estimate of drug-likeness (QED) is 0.233. The monoisotopic (exact) mass is 263 g/mol. The Morgan fingerprint density at radius 2 is 2.00 bits per heavy atom. The number of nitrogens with one attached hydrogen (secondary N) is 1. The minimum absolute atomic E-state index is 0.258. The highest BCUT2D eigenvalue weighted by atomic mass is 16.4. The van der Waals surface area contributed by atoms with Crippen molar-refractivity contribution in [3.63, 3.8) is 0 Å². The molecule has 1 unspecified atom stereocenters. The summed E-state index contributed by atoms with van der Waals surface area (Å²) < 4.78 is 0. The number of benzene rings is 1. The fourth-order valence-corrected chi connectivity index (χ4v) is 1.97. The van der Waals surface area contributed by atoms with Crippen LogP contribution in [0.5, 0.6) is 0 Å². The SMILES string of the molecule is CC(NCCCC(C)(C)C(N)=NO)c1ccccc1. The molecular weight excluding hydrogens is 238 g/mol. The van der Waals surface area contributed by atoms with Crippen molar-refractivity contribution in [2.75, 3.05) is 6.54 Å². The third-order valence-electron chi connectivity index (χ3n) is 3.53. The van der Waals surface area contributed by atoms with Crippen LogP contribution in [0.3, 0.4) is 0 Å². The number of hydrogen-bond donors (Lipinski definition) is 3. The summed E-state index contributed by atoms with van der Waals surface area (Å²) in [5.74, 6) is 0.295. The number of oxime groups is 1. The lowest BCUT2D eigenvalue weighted by atomic mass is 9.86. The van der Waals surface area contributed by atoms with E-state index in [2.05, 4.69) is 41.7 Å². The first-order valence-electron chi connectivity index (χ1n) is 6.73. The molecule has 0 spiro atoms. The highest BCUT2D eigenvalue weighted by molar-refractivity contribution is 5.85. The number of nitrogens with zero attached hydrogens (tertiary/aromatic N) is 1. The molecule has 0 amide bonds. The predicted octanol–water partition coefficient (Wildman–Crippen LogP) is 2.89. The normalized spacial score (nSPS) is 14.4. The molecule has 1 atom stereocenters. The third-order valence-corrected chi connectivity index (χ3v) is 3.53. The summed E-state index contributed by atoms with van der Waals surface area (Å²) in [7, 11) is 0. The minimum atomic E-state index is -0.258. The summed E-state index contributed by atoms with van der Waals surface area (Å²) in [6.07, 6.45) is 1.87. The summed E-state index contributed by atoms with van der Waals surface area (Å²) in [4.78, 5) is 0. The maximum atomic E-state index is 8.71. The van der Waals surface area contributed by atoms with Gasteiger partial charge in [-0.15, -0.1) is 0 Å². The lowest BCUT2D eigenvalue weighted by Gasteiger charge is -2.23. The third kappa shape index (κ3) is 4.91. The van der Waals surface area contributed by atoms with Gasteiger partial charge in [-0.2, -0.15) is 0 Å². The van der Waals surface area contributed by atoms with E-state index in [0.29, 0.717) is 11.9 Å². The topological polar surface area (TPSA) is 70.6 Å². The molecule has 0 saturated carbocycles. The first-order chi connectivity index (χ1) is 8.97. The van der Waals surface area contributed by atoms with Crippen LogP contribution in [0.1, 0.15) is 45.2 Å². The van der Waals surface area contributed by atoms with Crippen LogP contribution >= 0.6 is 0 Å². The van der Waals surface area contributed by atoms with E-state index in [1.807, 2.05) is 19.9 Å². The van der Waals surface area contributed by atoms with Gasteiger partial charge >= 0.3 is 0 Å². The van der Waals surface area contributed by atoms with E-state index in [1.165, 1.54) is 5.56 Å². The van der Waals surface area contributed by atoms with Gasteiger partial charge in [0.05, 0.1) is 0 Å². The van der Waals surface area contributed by atoms with Gasteiger partial charge in [0, 0.05) is 11.5 Å². The molecule has 0 saturated heterocycles. The fourth-order valence-electron chi connectivity index (χ4n) is 1.97. The maximum Gasteiger partial charge on any atom is 0.144 e. The Morgan fingerprint density at radius 1 is 1.37 bits per heavy atom. The summed E-state index contributed by atoms with van der Waals surface area (Å²) in [6, 6.07) is 10.7. The maximum absolute atomic E-state index is 8.71. The molecule has 19 heavy (non-hydrogen) atoms. The number of amidine groups is 1. The molecule has 4 nitrogen and oxygen atoms in total. The zero-order valence-electron chi connectivity index (χ0n) is 12.1. The van der Waals surface area contributed by atoms with E-state index in [4.69, 9.17) is 10.9 Å². The molecule has 0 radical (unpaired) electrons. The summed E-state index contributed by atoms with van der Waals surface area (Å²) in [5, 5.41) is 15.3. The zero-order valence-corrected chi connectivity index (χ0v) is 12.1. The molecule has 1 aromatic carbocycles. The van der Waals surface area contributed by atoms with Crippen LogP contribution < -0.4 is 11.1 Å². The average molecular weight is 263 g/mol. The molecule has 1 aromatic rings. The Kier molecular flexibility index (Phi) is 5.83.